The van der Waals surface area contributed by atoms with Gasteiger partial charge in [0.1, 0.15) is 22.2 Å². The van der Waals surface area contributed by atoms with Gasteiger partial charge in [-0.25, -0.2) is 9.78 Å². The van der Waals surface area contributed by atoms with Crippen LogP contribution in [-0.4, -0.2) is 24.0 Å². The topological polar surface area (TPSA) is 90.3 Å². The summed E-state index contributed by atoms with van der Waals surface area (Å²) in [6.45, 7) is 8.39. The van der Waals surface area contributed by atoms with Crippen LogP contribution in [0.25, 0.3) is 15.6 Å². The molecule has 2 N–H and O–H groups in total. The number of benzene rings is 2. The number of esters is 1. The van der Waals surface area contributed by atoms with Gasteiger partial charge in [0.05, 0.1) is 10.4 Å². The minimum absolute atomic E-state index is 0.0536. The molecule has 0 spiro atoms. The van der Waals surface area contributed by atoms with Crippen molar-refractivity contribution in [1.82, 2.24) is 4.98 Å². The molecular formula is C29H31N5O2S2. The molecule has 7 nitrogen and oxygen atoms in total. The van der Waals surface area contributed by atoms with Crippen LogP contribution in [0, 0.1) is 11.3 Å². The highest BCUT2D eigenvalue weighted by molar-refractivity contribution is 7.29. The van der Waals surface area contributed by atoms with Crippen LogP contribution < -0.4 is 20.5 Å². The van der Waals surface area contributed by atoms with E-state index in [1.54, 1.807) is 18.2 Å². The van der Waals surface area contributed by atoms with Gasteiger partial charge in [0.15, 0.2) is 0 Å². The van der Waals surface area contributed by atoms with Crippen LogP contribution >= 0.6 is 22.7 Å². The summed E-state index contributed by atoms with van der Waals surface area (Å²) in [5.41, 5.74) is 9.62. The summed E-state index contributed by atoms with van der Waals surface area (Å²) in [5.74, 6) is -0.242. The van der Waals surface area contributed by atoms with Crippen LogP contribution in [0.15, 0.2) is 60.2 Å². The molecule has 0 saturated carbocycles. The normalized spacial score (nSPS) is 11.3. The second-order valence-electron chi connectivity index (χ2n) is 8.61. The zero-order valence-electron chi connectivity index (χ0n) is 21.8. The van der Waals surface area contributed by atoms with E-state index in [2.05, 4.69) is 53.6 Å². The van der Waals surface area contributed by atoms with Crippen LogP contribution in [0.1, 0.15) is 44.1 Å². The lowest BCUT2D eigenvalue weighted by molar-refractivity contribution is -0.129. The molecule has 2 aromatic heterocycles. The van der Waals surface area contributed by atoms with E-state index >= 15 is 0 Å². The molecule has 2 aromatic carbocycles. The van der Waals surface area contributed by atoms with E-state index in [4.69, 9.17) is 4.74 Å². The summed E-state index contributed by atoms with van der Waals surface area (Å²) in [5, 5.41) is 10.3. The molecule has 0 aliphatic rings. The second-order valence-corrected chi connectivity index (χ2v) is 10.7. The fourth-order valence-electron chi connectivity index (χ4n) is 3.89. The van der Waals surface area contributed by atoms with Gasteiger partial charge in [-0.05, 0) is 80.8 Å². The molecule has 0 unspecified atom stereocenters. The lowest BCUT2D eigenvalue weighted by Gasteiger charge is -2.21. The molecular weight excluding hydrogens is 514 g/mol. The van der Waals surface area contributed by atoms with Gasteiger partial charge in [0, 0.05) is 23.7 Å². The first-order valence-corrected chi connectivity index (χ1v) is 14.4. The fraction of sp³-hybridized carbons (Fsp3) is 0.276. The Labute approximate surface area is 231 Å². The number of anilines is 3. The number of unbranched alkanes of at least 4 members (excludes halogenated alkanes) is 1. The van der Waals surface area contributed by atoms with Crippen molar-refractivity contribution < 1.29 is 9.53 Å². The number of carbonyl (C=O) groups excluding carboxylic acids is 1. The third-order valence-electron chi connectivity index (χ3n) is 6.00. The summed E-state index contributed by atoms with van der Waals surface area (Å²) >= 11 is 2.91. The number of nitrogens with zero attached hydrogens (tertiary/aromatic N) is 3. The number of carbonyl (C=O) groups is 1. The number of hydrazine groups is 1. The molecule has 4 rings (SSSR count). The van der Waals surface area contributed by atoms with Gasteiger partial charge in [-0.2, -0.15) is 5.26 Å². The standard InChI is InChI=1S/C29H31N5O2S2/c1-4-7-8-20-9-15-24(16-10-20)36-28(35)21(19-30)17-25-18-26-27(37-25)31-29(38-26)33-32-22-11-13-23(14-12-22)34(5-2)6-3/h9-18,32H,4-8H2,1-3H3,(H,31,33)/b21-17+. The average molecular weight is 546 g/mol. The van der Waals surface area contributed by atoms with E-state index < -0.39 is 5.97 Å². The number of rotatable bonds is 12. The molecule has 0 radical (unpaired) electrons. The molecule has 0 fully saturated rings. The Hall–Kier alpha value is -3.87. The summed E-state index contributed by atoms with van der Waals surface area (Å²) < 4.78 is 6.39. The maximum atomic E-state index is 12.6. The largest absolute Gasteiger partial charge is 0.422 e. The highest BCUT2D eigenvalue weighted by atomic mass is 32.1. The van der Waals surface area contributed by atoms with Crippen LogP contribution in [0.5, 0.6) is 5.75 Å². The number of nitriles is 1. The molecule has 0 bridgehead atoms. The lowest BCUT2D eigenvalue weighted by atomic mass is 10.1. The van der Waals surface area contributed by atoms with Crippen molar-refractivity contribution in [2.45, 2.75) is 40.0 Å². The van der Waals surface area contributed by atoms with Crippen molar-refractivity contribution in [1.29, 1.82) is 5.26 Å². The van der Waals surface area contributed by atoms with Gasteiger partial charge in [0.25, 0.3) is 0 Å². The van der Waals surface area contributed by atoms with Crippen LogP contribution in [-0.2, 0) is 11.2 Å². The molecule has 196 valence electrons. The summed E-state index contributed by atoms with van der Waals surface area (Å²) in [4.78, 5) is 21.1. The number of ether oxygens (including phenoxy) is 1. The van der Waals surface area contributed by atoms with E-state index in [1.807, 2.05) is 36.4 Å². The lowest BCUT2D eigenvalue weighted by Crippen LogP contribution is -2.21. The molecule has 9 heteroatoms. The van der Waals surface area contributed by atoms with E-state index in [1.165, 1.54) is 33.9 Å². The Morgan fingerprint density at radius 1 is 1.05 bits per heavy atom. The van der Waals surface area contributed by atoms with Crippen molar-refractivity contribution in [3.05, 3.63) is 70.6 Å². The predicted molar refractivity (Wildman–Crippen MR) is 159 cm³/mol. The maximum Gasteiger partial charge on any atom is 0.354 e. The maximum absolute atomic E-state index is 12.6. The fourth-order valence-corrected chi connectivity index (χ4v) is 5.92. The number of thiophene rings is 1. The average Bonchev–Trinajstić information content (AvgIpc) is 3.50. The molecule has 0 aliphatic carbocycles. The first-order valence-electron chi connectivity index (χ1n) is 12.7. The zero-order chi connectivity index (χ0) is 26.9. The van der Waals surface area contributed by atoms with E-state index in [9.17, 15) is 10.1 Å². The van der Waals surface area contributed by atoms with Gasteiger partial charge in [-0.15, -0.1) is 11.3 Å². The summed E-state index contributed by atoms with van der Waals surface area (Å²) in [6.07, 6.45) is 4.80. The number of aromatic nitrogens is 1. The Morgan fingerprint density at radius 3 is 2.42 bits per heavy atom. The van der Waals surface area contributed by atoms with Crippen LogP contribution in [0.3, 0.4) is 0 Å². The van der Waals surface area contributed by atoms with Gasteiger partial charge in [-0.1, -0.05) is 36.8 Å². The van der Waals surface area contributed by atoms with Crippen molar-refractivity contribution in [3.8, 4) is 11.8 Å². The van der Waals surface area contributed by atoms with Crippen molar-refractivity contribution in [2.75, 3.05) is 28.8 Å². The number of aryl methyl sites for hydroxylation is 1. The Bertz CT molecular complexity index is 1400. The number of hydrogen-bond donors (Lipinski definition) is 2. The minimum atomic E-state index is -0.669. The molecule has 0 atom stereocenters. The molecule has 38 heavy (non-hydrogen) atoms. The first-order chi connectivity index (χ1) is 18.5. The molecule has 2 heterocycles. The summed E-state index contributed by atoms with van der Waals surface area (Å²) in [6, 6.07) is 19.6. The van der Waals surface area contributed by atoms with Gasteiger partial charge < -0.3 is 9.64 Å². The third kappa shape index (κ3) is 6.91. The first kappa shape index (κ1) is 27.2. The van der Waals surface area contributed by atoms with E-state index in [0.29, 0.717) is 5.75 Å². The van der Waals surface area contributed by atoms with Crippen molar-refractivity contribution in [3.63, 3.8) is 0 Å². The van der Waals surface area contributed by atoms with Crippen molar-refractivity contribution in [2.24, 2.45) is 0 Å². The molecule has 0 saturated heterocycles. The third-order valence-corrected chi connectivity index (χ3v) is 8.02. The monoisotopic (exact) mass is 545 g/mol. The second kappa shape index (κ2) is 13.1. The van der Waals surface area contributed by atoms with Crippen LogP contribution in [0.4, 0.5) is 16.5 Å². The van der Waals surface area contributed by atoms with Gasteiger partial charge in [-0.3, -0.25) is 10.9 Å². The Balaban J connectivity index is 1.36. The van der Waals surface area contributed by atoms with Crippen molar-refractivity contribution >= 4 is 60.8 Å². The van der Waals surface area contributed by atoms with Gasteiger partial charge in [0.2, 0.25) is 5.13 Å². The Morgan fingerprint density at radius 2 is 1.79 bits per heavy atom. The quantitative estimate of drug-likeness (QED) is 0.0626. The van der Waals surface area contributed by atoms with Crippen LogP contribution in [0.2, 0.25) is 0 Å². The molecule has 0 aliphatic heterocycles. The highest BCUT2D eigenvalue weighted by Crippen LogP contribution is 2.34. The van der Waals surface area contributed by atoms with E-state index in [0.717, 1.165) is 57.6 Å². The minimum Gasteiger partial charge on any atom is -0.422 e. The predicted octanol–water partition coefficient (Wildman–Crippen LogP) is 7.50. The molecule has 0 amide bonds. The number of thiazole rings is 1. The van der Waals surface area contributed by atoms with Gasteiger partial charge >= 0.3 is 5.97 Å². The SMILES string of the molecule is CCCCc1ccc(OC(=O)/C(C#N)=C/c2cc3sc(NNc4ccc(N(CC)CC)cc4)nc3s2)cc1. The number of fused-ring (bicyclic) bond motifs is 1. The zero-order valence-corrected chi connectivity index (χ0v) is 23.4. The number of hydrogen-bond acceptors (Lipinski definition) is 9. The Kier molecular flexibility index (Phi) is 9.35. The highest BCUT2D eigenvalue weighted by Gasteiger charge is 2.14. The summed E-state index contributed by atoms with van der Waals surface area (Å²) in [7, 11) is 0. The smallest absolute Gasteiger partial charge is 0.354 e. The molecule has 4 aromatic rings. The van der Waals surface area contributed by atoms with E-state index in [-0.39, 0.29) is 5.57 Å². The number of nitrogens with one attached hydrogen (secondary N) is 2.